The molecule has 10 aromatic carbocycles. The predicted molar refractivity (Wildman–Crippen MR) is 315 cm³/mol. The zero-order valence-electron chi connectivity index (χ0n) is 38.2. The normalized spacial score (nSPS) is 11.5. The van der Waals surface area contributed by atoms with E-state index in [1.807, 2.05) is 83.8 Å². The van der Waals surface area contributed by atoms with Gasteiger partial charge in [-0.1, -0.05) is 158 Å². The van der Waals surface area contributed by atoms with Crippen LogP contribution in [0.3, 0.4) is 0 Å². The summed E-state index contributed by atoms with van der Waals surface area (Å²) in [4.78, 5) is 1.93. The van der Waals surface area contributed by atoms with E-state index in [0.29, 0.717) is 17.1 Å². The first-order chi connectivity index (χ1) is 34.2. The maximum absolute atomic E-state index is 7.20. The third kappa shape index (κ3) is 7.36. The number of furan rings is 1. The molecule has 1 aromatic heterocycles. The van der Waals surface area contributed by atoms with Crippen LogP contribution in [0.15, 0.2) is 150 Å². The molecule has 1 heterocycles. The average Bonchev–Trinajstić information content (AvgIpc) is 3.79. The molecule has 0 unspecified atom stereocenters. The van der Waals surface area contributed by atoms with Crippen LogP contribution in [0, 0.1) is 0 Å². The van der Waals surface area contributed by atoms with Crippen molar-refractivity contribution in [3.8, 4) is 44.5 Å². The van der Waals surface area contributed by atoms with E-state index in [4.69, 9.17) is 106 Å². The van der Waals surface area contributed by atoms with Crippen molar-refractivity contribution in [2.75, 3.05) is 4.90 Å². The van der Waals surface area contributed by atoms with Gasteiger partial charge in [0.1, 0.15) is 113 Å². The number of anilines is 3. The first-order valence-corrected chi connectivity index (χ1v) is 22.5. The Labute approximate surface area is 430 Å². The van der Waals surface area contributed by atoms with E-state index in [2.05, 4.69) is 66.7 Å². The summed E-state index contributed by atoms with van der Waals surface area (Å²) in [6.45, 7) is 0. The fraction of sp³-hybridized carbons (Fsp3) is 0. The summed E-state index contributed by atoms with van der Waals surface area (Å²) in [6, 6.07) is 49.2. The molecule has 0 aliphatic heterocycles. The van der Waals surface area contributed by atoms with E-state index in [1.165, 1.54) is 0 Å². The van der Waals surface area contributed by atoms with Gasteiger partial charge >= 0.3 is 0 Å². The molecule has 0 spiro atoms. The van der Waals surface area contributed by atoms with Gasteiger partial charge < -0.3 is 9.32 Å². The minimum absolute atomic E-state index is 0.00461. The van der Waals surface area contributed by atoms with E-state index >= 15 is 0 Å². The van der Waals surface area contributed by atoms with Crippen molar-refractivity contribution in [3.05, 3.63) is 146 Å². The Morgan fingerprint density at radius 1 is 0.310 bits per heavy atom. The van der Waals surface area contributed by atoms with Crippen LogP contribution in [0.5, 0.6) is 0 Å². The predicted octanol–water partition coefficient (Wildman–Crippen LogP) is 0.350. The zero-order valence-corrected chi connectivity index (χ0v) is 38.2. The molecule has 0 aliphatic rings. The van der Waals surface area contributed by atoms with Crippen molar-refractivity contribution in [1.29, 1.82) is 0 Å². The standard InChI is InChI=1S/C56H24B13NO/c57-42-38(40-46(61)50(65)52(67)51(66)47(40)62)43(58)45(60)39(44(42)59)41-48(63)53(68)55(54(69)49(41)64)70(32-11-5-10-29(24-32)30-16-15-25-7-1-2-9-28(25)23-30)31-20-17-27(18-21-31)33-13-6-14-36-37(33)35-22-19-26-8-3-4-12-34(26)56(35)71-36/h1-24H. The molecule has 0 saturated carbocycles. The number of hydrogen-bond donors (Lipinski definition) is 0. The van der Waals surface area contributed by atoms with Gasteiger partial charge in [-0.3, -0.25) is 0 Å². The first kappa shape index (κ1) is 46.5. The van der Waals surface area contributed by atoms with Gasteiger partial charge in [0, 0.05) is 33.2 Å². The van der Waals surface area contributed by atoms with Crippen molar-refractivity contribution in [1.82, 2.24) is 0 Å². The SMILES string of the molecule is [B]c1c([B])c([B])c(-c2c([B])c([B])c(-c3c([B])c([B])c(N(c4ccc(-c5cccc6oc7c8ccccc8ccc7c56)cc4)c4cccc(-c5ccc6ccccc6c5)c4)c([B])c3[B])c([B])c2[B])c([B])c1[B]. The van der Waals surface area contributed by atoms with Crippen molar-refractivity contribution >= 4 is 234 Å². The van der Waals surface area contributed by atoms with E-state index in [-0.39, 0.29) is 93.3 Å². The van der Waals surface area contributed by atoms with Gasteiger partial charge in [-0.25, -0.2) is 0 Å². The molecule has 11 rings (SSSR count). The van der Waals surface area contributed by atoms with Crippen LogP contribution in [0.2, 0.25) is 0 Å². The summed E-state index contributed by atoms with van der Waals surface area (Å²) >= 11 is 0. The number of fused-ring (bicyclic) bond motifs is 6. The molecule has 0 saturated heterocycles. The summed E-state index contributed by atoms with van der Waals surface area (Å²) in [6.07, 6.45) is 0. The lowest BCUT2D eigenvalue weighted by atomic mass is 9.55. The summed E-state index contributed by atoms with van der Waals surface area (Å²) in [5.41, 5.74) is 7.48. The van der Waals surface area contributed by atoms with Gasteiger partial charge in [-0.05, 0) is 103 Å². The fourth-order valence-corrected chi connectivity index (χ4v) is 10.00. The lowest BCUT2D eigenvalue weighted by Gasteiger charge is -2.34. The molecule has 11 aromatic rings. The average molecular weight is 867 g/mol. The minimum Gasteiger partial charge on any atom is -0.455 e. The van der Waals surface area contributed by atoms with E-state index in [0.717, 1.165) is 65.7 Å². The molecular weight excluding hydrogens is 843 g/mol. The molecule has 0 bridgehead atoms. The second-order valence-corrected chi connectivity index (χ2v) is 17.7. The van der Waals surface area contributed by atoms with Gasteiger partial charge in [-0.15, -0.1) is 16.4 Å². The van der Waals surface area contributed by atoms with Crippen LogP contribution in [-0.2, 0) is 0 Å². The largest absolute Gasteiger partial charge is 0.455 e. The first-order valence-electron chi connectivity index (χ1n) is 22.5. The molecule has 2 nitrogen and oxygen atoms in total. The van der Waals surface area contributed by atoms with Gasteiger partial charge in [0.05, 0.1) is 0 Å². The number of benzene rings is 10. The molecule has 0 fully saturated rings. The van der Waals surface area contributed by atoms with Gasteiger partial charge in [0.2, 0.25) is 0 Å². The molecule has 0 aliphatic carbocycles. The third-order valence-electron chi connectivity index (χ3n) is 13.7. The molecule has 71 heavy (non-hydrogen) atoms. The lowest BCUT2D eigenvalue weighted by molar-refractivity contribution is 0.673. The van der Waals surface area contributed by atoms with Crippen LogP contribution >= 0.6 is 0 Å². The molecule has 0 atom stereocenters. The molecule has 298 valence electrons. The topological polar surface area (TPSA) is 16.4 Å². The second kappa shape index (κ2) is 17.8. The second-order valence-electron chi connectivity index (χ2n) is 17.7. The third-order valence-corrected chi connectivity index (χ3v) is 13.7. The quantitative estimate of drug-likeness (QED) is 0.216. The fourth-order valence-electron chi connectivity index (χ4n) is 10.00. The van der Waals surface area contributed by atoms with Gasteiger partial charge in [0.25, 0.3) is 0 Å². The van der Waals surface area contributed by atoms with E-state index < -0.39 is 0 Å². The Hall–Kier alpha value is -6.84. The summed E-state index contributed by atoms with van der Waals surface area (Å²) in [5, 5.41) is 6.39. The Morgan fingerprint density at radius 3 is 1.41 bits per heavy atom. The number of rotatable bonds is 7. The number of hydrogen-bond acceptors (Lipinski definition) is 2. The van der Waals surface area contributed by atoms with E-state index in [1.54, 1.807) is 0 Å². The van der Waals surface area contributed by atoms with Crippen molar-refractivity contribution in [2.24, 2.45) is 0 Å². The van der Waals surface area contributed by atoms with Crippen molar-refractivity contribution < 1.29 is 4.42 Å². The molecule has 26 radical (unpaired) electrons. The lowest BCUT2D eigenvalue weighted by Crippen LogP contribution is -2.57. The highest BCUT2D eigenvalue weighted by molar-refractivity contribution is 6.72. The summed E-state index contributed by atoms with van der Waals surface area (Å²) in [5.74, 6) is 0. The summed E-state index contributed by atoms with van der Waals surface area (Å²) < 4.78 is 6.53. The highest BCUT2D eigenvalue weighted by atomic mass is 16.3. The van der Waals surface area contributed by atoms with E-state index in [9.17, 15) is 0 Å². The van der Waals surface area contributed by atoms with Crippen LogP contribution < -0.4 is 75.9 Å². The summed E-state index contributed by atoms with van der Waals surface area (Å²) in [7, 11) is 87.3. The van der Waals surface area contributed by atoms with Crippen LogP contribution in [0.25, 0.3) is 88.0 Å². The Kier molecular flexibility index (Phi) is 11.7. The zero-order chi connectivity index (χ0) is 49.7. The molecule has 15 heteroatoms. The van der Waals surface area contributed by atoms with Gasteiger partial charge in [-0.2, -0.15) is 0 Å². The monoisotopic (exact) mass is 869 g/mol. The van der Waals surface area contributed by atoms with Crippen LogP contribution in [0.1, 0.15) is 0 Å². The van der Waals surface area contributed by atoms with Crippen molar-refractivity contribution in [2.45, 2.75) is 0 Å². The highest BCUT2D eigenvalue weighted by Gasteiger charge is 2.26. The highest BCUT2D eigenvalue weighted by Crippen LogP contribution is 2.41. The smallest absolute Gasteiger partial charge is 0.143 e. The van der Waals surface area contributed by atoms with Crippen LogP contribution in [-0.4, -0.2) is 102 Å². The maximum atomic E-state index is 7.20. The Bertz CT molecular complexity index is 3970. The maximum Gasteiger partial charge on any atom is 0.143 e. The minimum atomic E-state index is -0.0617. The molecule has 0 amide bonds. The van der Waals surface area contributed by atoms with Crippen molar-refractivity contribution in [3.63, 3.8) is 0 Å². The molecule has 0 N–H and O–H groups in total. The van der Waals surface area contributed by atoms with Crippen LogP contribution in [0.4, 0.5) is 17.1 Å². The number of nitrogens with zero attached hydrogens (tertiary/aromatic N) is 1. The van der Waals surface area contributed by atoms with Gasteiger partial charge in [0.15, 0.2) is 0 Å². The Balaban J connectivity index is 1.09. The molecular formula is C56H24B13NO. The Morgan fingerprint density at radius 2 is 0.789 bits per heavy atom.